The van der Waals surface area contributed by atoms with E-state index in [0.29, 0.717) is 22.7 Å². The molecule has 0 fully saturated rings. The number of aromatic nitrogens is 2. The quantitative estimate of drug-likeness (QED) is 0.266. The van der Waals surface area contributed by atoms with Gasteiger partial charge in [-0.2, -0.15) is 0 Å². The molecule has 30 heavy (non-hydrogen) atoms. The van der Waals surface area contributed by atoms with Gasteiger partial charge in [0, 0.05) is 17.0 Å². The van der Waals surface area contributed by atoms with Crippen LogP contribution in [0, 0.1) is 0 Å². The number of thiophene rings is 1. The average Bonchev–Trinajstić information content (AvgIpc) is 3.34. The predicted octanol–water partition coefficient (Wildman–Crippen LogP) is 2.69. The molecule has 1 aromatic carbocycles. The van der Waals surface area contributed by atoms with Gasteiger partial charge in [-0.3, -0.25) is 29.8 Å². The van der Waals surface area contributed by atoms with E-state index in [1.807, 2.05) is 0 Å². The topological polar surface area (TPSA) is 93.1 Å². The van der Waals surface area contributed by atoms with Crippen molar-refractivity contribution in [1.82, 2.24) is 20.4 Å². The lowest BCUT2D eigenvalue weighted by atomic mass is 10.2. The first-order valence-electron chi connectivity index (χ1n) is 9.51. The lowest BCUT2D eigenvalue weighted by Crippen LogP contribution is -2.42. The van der Waals surface area contributed by atoms with E-state index in [-0.39, 0.29) is 11.3 Å². The fourth-order valence-electron chi connectivity index (χ4n) is 3.41. The second kappa shape index (κ2) is 8.85. The van der Waals surface area contributed by atoms with Crippen molar-refractivity contribution in [3.8, 4) is 0 Å². The third-order valence-corrected chi connectivity index (χ3v) is 6.95. The Morgan fingerprint density at radius 2 is 2.03 bits per heavy atom. The highest BCUT2D eigenvalue weighted by molar-refractivity contribution is 7.99. The highest BCUT2D eigenvalue weighted by atomic mass is 32.2. The van der Waals surface area contributed by atoms with Gasteiger partial charge in [0.2, 0.25) is 5.91 Å². The second-order valence-corrected chi connectivity index (χ2v) is 8.82. The second-order valence-electron chi connectivity index (χ2n) is 6.79. The van der Waals surface area contributed by atoms with Crippen molar-refractivity contribution < 1.29 is 9.59 Å². The Labute approximate surface area is 181 Å². The summed E-state index contributed by atoms with van der Waals surface area (Å²) in [4.78, 5) is 43.9. The first-order valence-corrected chi connectivity index (χ1v) is 11.3. The molecule has 4 rings (SSSR count). The van der Waals surface area contributed by atoms with Crippen LogP contribution in [0.2, 0.25) is 0 Å². The summed E-state index contributed by atoms with van der Waals surface area (Å²) in [6, 6.07) is 8.60. The normalized spacial score (nSPS) is 12.5. The summed E-state index contributed by atoms with van der Waals surface area (Å²) in [5.74, 6) is -0.780. The molecule has 9 heteroatoms. The first kappa shape index (κ1) is 20.4. The number of thioether (sulfide) groups is 1. The van der Waals surface area contributed by atoms with Crippen LogP contribution >= 0.6 is 23.1 Å². The van der Waals surface area contributed by atoms with Gasteiger partial charge in [-0.1, -0.05) is 36.0 Å². The maximum absolute atomic E-state index is 13.1. The summed E-state index contributed by atoms with van der Waals surface area (Å²) in [6.45, 7) is 4.05. The summed E-state index contributed by atoms with van der Waals surface area (Å²) in [7, 11) is 0. The number of hydrogen-bond acceptors (Lipinski definition) is 6. The van der Waals surface area contributed by atoms with Gasteiger partial charge in [-0.05, 0) is 37.0 Å². The number of rotatable bonds is 6. The molecule has 0 saturated heterocycles. The van der Waals surface area contributed by atoms with E-state index >= 15 is 0 Å². The zero-order valence-corrected chi connectivity index (χ0v) is 17.8. The highest BCUT2D eigenvalue weighted by Gasteiger charge is 2.23. The molecule has 7 nitrogen and oxygen atoms in total. The Kier molecular flexibility index (Phi) is 6.01. The molecule has 0 radical (unpaired) electrons. The van der Waals surface area contributed by atoms with Gasteiger partial charge >= 0.3 is 0 Å². The van der Waals surface area contributed by atoms with Crippen LogP contribution in [-0.2, 0) is 24.2 Å². The van der Waals surface area contributed by atoms with Crippen molar-refractivity contribution in [3.05, 3.63) is 69.3 Å². The molecule has 1 aliphatic rings. The van der Waals surface area contributed by atoms with E-state index in [4.69, 9.17) is 0 Å². The van der Waals surface area contributed by atoms with Gasteiger partial charge in [0.25, 0.3) is 11.5 Å². The summed E-state index contributed by atoms with van der Waals surface area (Å²) in [5, 5.41) is 1.18. The van der Waals surface area contributed by atoms with Crippen LogP contribution in [0.4, 0.5) is 0 Å². The van der Waals surface area contributed by atoms with Gasteiger partial charge in [0.05, 0.1) is 11.1 Å². The zero-order valence-electron chi connectivity index (χ0n) is 16.1. The molecule has 0 spiro atoms. The Morgan fingerprint density at radius 1 is 1.23 bits per heavy atom. The third kappa shape index (κ3) is 4.03. The van der Waals surface area contributed by atoms with Crippen LogP contribution < -0.4 is 16.4 Å². The number of fused-ring (bicyclic) bond motifs is 3. The molecule has 0 bridgehead atoms. The first-order chi connectivity index (χ1) is 14.6. The summed E-state index contributed by atoms with van der Waals surface area (Å²) >= 11 is 2.73. The fourth-order valence-corrected chi connectivity index (χ4v) is 5.52. The summed E-state index contributed by atoms with van der Waals surface area (Å²) in [6.07, 6.45) is 4.62. The molecule has 2 amide bonds. The maximum atomic E-state index is 13.1. The van der Waals surface area contributed by atoms with E-state index in [9.17, 15) is 14.4 Å². The number of allylic oxidation sites excluding steroid dienone is 1. The van der Waals surface area contributed by atoms with E-state index in [1.54, 1.807) is 52.3 Å². The number of benzene rings is 1. The number of amides is 2. The molecule has 0 unspecified atom stereocenters. The Balaban J connectivity index is 1.47. The lowest BCUT2D eigenvalue weighted by Gasteiger charge is -2.11. The molecule has 0 atom stereocenters. The minimum absolute atomic E-state index is 0.00918. The van der Waals surface area contributed by atoms with Gasteiger partial charge in [-0.25, -0.2) is 4.98 Å². The third-order valence-electron chi connectivity index (χ3n) is 4.79. The average molecular weight is 441 g/mol. The minimum atomic E-state index is -0.398. The van der Waals surface area contributed by atoms with Crippen LogP contribution in [0.25, 0.3) is 10.2 Å². The Bertz CT molecular complexity index is 1180. The van der Waals surface area contributed by atoms with Crippen molar-refractivity contribution in [3.63, 3.8) is 0 Å². The van der Waals surface area contributed by atoms with E-state index < -0.39 is 11.8 Å². The molecular weight excluding hydrogens is 420 g/mol. The van der Waals surface area contributed by atoms with E-state index in [2.05, 4.69) is 22.4 Å². The monoisotopic (exact) mass is 440 g/mol. The molecule has 2 heterocycles. The number of hydrazine groups is 1. The maximum Gasteiger partial charge on any atom is 0.269 e. The van der Waals surface area contributed by atoms with Crippen molar-refractivity contribution in [2.75, 3.05) is 5.75 Å². The number of carbonyl (C=O) groups excluding carboxylic acids is 2. The predicted molar refractivity (Wildman–Crippen MR) is 119 cm³/mol. The Morgan fingerprint density at radius 3 is 2.80 bits per heavy atom. The minimum Gasteiger partial charge on any atom is -0.283 e. The smallest absolute Gasteiger partial charge is 0.269 e. The van der Waals surface area contributed by atoms with Crippen LogP contribution in [0.1, 0.15) is 27.2 Å². The van der Waals surface area contributed by atoms with E-state index in [1.165, 1.54) is 4.88 Å². The van der Waals surface area contributed by atoms with Crippen molar-refractivity contribution in [2.24, 2.45) is 0 Å². The molecule has 1 aliphatic carbocycles. The number of aryl methyl sites for hydroxylation is 2. The van der Waals surface area contributed by atoms with Crippen molar-refractivity contribution in [1.29, 1.82) is 0 Å². The van der Waals surface area contributed by atoms with Crippen LogP contribution in [0.15, 0.2) is 52.9 Å². The van der Waals surface area contributed by atoms with Crippen LogP contribution in [-0.4, -0.2) is 27.1 Å². The largest absolute Gasteiger partial charge is 0.283 e. The zero-order chi connectivity index (χ0) is 21.1. The fraction of sp³-hybridized carbons (Fsp3) is 0.238. The summed E-state index contributed by atoms with van der Waals surface area (Å²) in [5.41, 5.74) is 6.27. The number of carbonyl (C=O) groups is 2. The number of nitrogens with zero attached hydrogens (tertiary/aromatic N) is 2. The Hall–Kier alpha value is -2.91. The van der Waals surface area contributed by atoms with Crippen LogP contribution in [0.5, 0.6) is 0 Å². The van der Waals surface area contributed by atoms with Gasteiger partial charge in [0.1, 0.15) is 4.83 Å². The molecule has 2 aromatic heterocycles. The number of hydrogen-bond donors (Lipinski definition) is 2. The van der Waals surface area contributed by atoms with Gasteiger partial charge in [-0.15, -0.1) is 17.9 Å². The van der Waals surface area contributed by atoms with E-state index in [0.717, 1.165) is 41.4 Å². The molecular formula is C21H20N4O3S2. The standard InChI is InChI=1S/C21H20N4O3S2/c1-2-11-25-20(28)17-14-9-6-10-15(14)30-19(17)22-21(25)29-12-16(26)23-24-18(27)13-7-4-3-5-8-13/h2-5,7-8H,1,6,9-12H2,(H,23,26)(H,24,27). The van der Waals surface area contributed by atoms with Crippen LogP contribution in [0.3, 0.4) is 0 Å². The molecule has 3 aromatic rings. The molecule has 0 saturated carbocycles. The molecule has 154 valence electrons. The highest BCUT2D eigenvalue weighted by Crippen LogP contribution is 2.35. The van der Waals surface area contributed by atoms with Crippen molar-refractivity contribution >= 4 is 45.1 Å². The van der Waals surface area contributed by atoms with Crippen molar-refractivity contribution in [2.45, 2.75) is 31.0 Å². The molecule has 0 aliphatic heterocycles. The van der Waals surface area contributed by atoms with Gasteiger partial charge < -0.3 is 0 Å². The SMILES string of the molecule is C=CCn1c(SCC(=O)NNC(=O)c2ccccc2)nc2sc3c(c2c1=O)CCC3. The summed E-state index contributed by atoms with van der Waals surface area (Å²) < 4.78 is 1.56. The molecule has 2 N–H and O–H groups in total. The van der Waals surface area contributed by atoms with Gasteiger partial charge in [0.15, 0.2) is 5.16 Å². The number of nitrogens with one attached hydrogen (secondary N) is 2. The lowest BCUT2D eigenvalue weighted by molar-refractivity contribution is -0.119.